The number of benzene rings is 4. The normalized spacial score (nSPS) is 17.6. The van der Waals surface area contributed by atoms with E-state index in [1.165, 1.54) is 12.0 Å². The van der Waals surface area contributed by atoms with E-state index < -0.39 is 0 Å². The average Bonchev–Trinajstić information content (AvgIpc) is 3.96. The van der Waals surface area contributed by atoms with Crippen LogP contribution in [0, 0.1) is 11.8 Å². The number of fused-ring (bicyclic) bond motifs is 1. The van der Waals surface area contributed by atoms with Gasteiger partial charge in [0.2, 0.25) is 0 Å². The van der Waals surface area contributed by atoms with Crippen molar-refractivity contribution in [3.63, 3.8) is 0 Å². The van der Waals surface area contributed by atoms with E-state index in [1.807, 2.05) is 48.5 Å². The standard InChI is InChI=1S/C46H48N2O4/c1-2-39-24-41(39)6-4-3-5-23-47-27-34-11-17-40(18-12-34)42-25-43-32-49-28-35-13-19-45(20-14-35)51-30-37-7-8-38(10-9-37)31-52-46-21-15-36(16-22-46)29-50-33-44(26-42)48-43/h2,4,6-22,25-26,39,41,47H,1,3,5,23-24,27-33H2/b6-4-/t39-,41+/m1/s1. The van der Waals surface area contributed by atoms with E-state index in [1.54, 1.807) is 0 Å². The first-order valence-electron chi connectivity index (χ1n) is 18.4. The van der Waals surface area contributed by atoms with Crippen LogP contribution in [0.5, 0.6) is 11.5 Å². The van der Waals surface area contributed by atoms with Gasteiger partial charge in [-0.1, -0.05) is 91.0 Å². The number of unbranched alkanes of at least 4 members (excludes halogenated alkanes) is 1. The molecule has 6 nitrogen and oxygen atoms in total. The molecule has 8 bridgehead atoms. The third kappa shape index (κ3) is 10.5. The van der Waals surface area contributed by atoms with E-state index in [9.17, 15) is 0 Å². The lowest BCUT2D eigenvalue weighted by Gasteiger charge is -2.12. The summed E-state index contributed by atoms with van der Waals surface area (Å²) in [7, 11) is 0. The number of ether oxygens (including phenoxy) is 4. The first kappa shape index (κ1) is 35.4. The molecule has 5 aromatic rings. The van der Waals surface area contributed by atoms with Crippen LogP contribution in [0.1, 0.15) is 58.5 Å². The number of hydrogen-bond acceptors (Lipinski definition) is 6. The topological polar surface area (TPSA) is 61.8 Å². The molecule has 11 rings (SSSR count). The second-order valence-electron chi connectivity index (χ2n) is 13.7. The molecular weight excluding hydrogens is 645 g/mol. The van der Waals surface area contributed by atoms with Gasteiger partial charge < -0.3 is 24.3 Å². The van der Waals surface area contributed by atoms with Crippen molar-refractivity contribution >= 4 is 0 Å². The number of aromatic nitrogens is 1. The third-order valence-electron chi connectivity index (χ3n) is 9.57. The molecule has 52 heavy (non-hydrogen) atoms. The van der Waals surface area contributed by atoms with Gasteiger partial charge in [0.05, 0.1) is 37.8 Å². The van der Waals surface area contributed by atoms with Crippen LogP contribution < -0.4 is 14.8 Å². The largest absolute Gasteiger partial charge is 0.489 e. The minimum absolute atomic E-state index is 0.392. The van der Waals surface area contributed by atoms with Gasteiger partial charge in [-0.15, -0.1) is 6.58 Å². The molecule has 0 saturated heterocycles. The second-order valence-corrected chi connectivity index (χ2v) is 13.7. The van der Waals surface area contributed by atoms with Gasteiger partial charge in [0.15, 0.2) is 0 Å². The third-order valence-corrected chi connectivity index (χ3v) is 9.57. The summed E-state index contributed by atoms with van der Waals surface area (Å²) in [6.45, 7) is 8.49. The Morgan fingerprint density at radius 1 is 0.615 bits per heavy atom. The monoisotopic (exact) mass is 692 g/mol. The van der Waals surface area contributed by atoms with Gasteiger partial charge in [-0.3, -0.25) is 4.98 Å². The van der Waals surface area contributed by atoms with Crippen molar-refractivity contribution in [3.05, 3.63) is 173 Å². The number of hydrogen-bond donors (Lipinski definition) is 1. The Bertz CT molecular complexity index is 1810. The Hall–Kier alpha value is -5.01. The predicted octanol–water partition coefficient (Wildman–Crippen LogP) is 9.90. The van der Waals surface area contributed by atoms with Crippen LogP contribution in [0.4, 0.5) is 0 Å². The van der Waals surface area contributed by atoms with Crippen molar-refractivity contribution in [2.45, 2.75) is 65.4 Å². The molecule has 1 aliphatic carbocycles. The predicted molar refractivity (Wildman–Crippen MR) is 207 cm³/mol. The van der Waals surface area contributed by atoms with Crippen molar-refractivity contribution < 1.29 is 18.9 Å². The van der Waals surface area contributed by atoms with E-state index in [4.69, 9.17) is 23.9 Å². The summed E-state index contributed by atoms with van der Waals surface area (Å²) in [4.78, 5) is 4.93. The molecule has 1 fully saturated rings. The number of nitrogens with zero attached hydrogens (tertiary/aromatic N) is 1. The SMILES string of the molecule is C=C[C@@H]1C[C@@H]1/C=C\CCCNCc1ccc(-c2cc3nc(c2)COCc2ccc(cc2)OCc2ccc(cc2)COc2ccc(cc2)COC3)cc1. The fourth-order valence-electron chi connectivity index (χ4n) is 6.33. The summed E-state index contributed by atoms with van der Waals surface area (Å²) in [6.07, 6.45) is 10.3. The average molecular weight is 693 g/mol. The van der Waals surface area contributed by atoms with Crippen LogP contribution in [-0.4, -0.2) is 11.5 Å². The van der Waals surface area contributed by atoms with E-state index in [-0.39, 0.29) is 0 Å². The Balaban J connectivity index is 0.995. The van der Waals surface area contributed by atoms with Gasteiger partial charge in [-0.2, -0.15) is 0 Å². The molecule has 0 amide bonds. The molecule has 6 aliphatic rings. The number of nitrogens with one attached hydrogen (secondary N) is 1. The zero-order valence-corrected chi connectivity index (χ0v) is 29.8. The minimum Gasteiger partial charge on any atom is -0.489 e. The molecular formula is C46H48N2O4. The van der Waals surface area contributed by atoms with Crippen LogP contribution in [0.15, 0.2) is 134 Å². The maximum atomic E-state index is 6.17. The summed E-state index contributed by atoms with van der Waals surface area (Å²) in [5, 5.41) is 3.59. The number of allylic oxidation sites excluding steroid dienone is 3. The van der Waals surface area contributed by atoms with Crippen molar-refractivity contribution in [3.8, 4) is 22.6 Å². The summed E-state index contributed by atoms with van der Waals surface area (Å²) >= 11 is 0. The maximum Gasteiger partial charge on any atom is 0.119 e. The Morgan fingerprint density at radius 2 is 1.15 bits per heavy atom. The molecule has 1 aromatic heterocycles. The first-order valence-corrected chi connectivity index (χ1v) is 18.4. The Labute approximate surface area is 308 Å². The maximum absolute atomic E-state index is 6.17. The molecule has 0 radical (unpaired) electrons. The Kier molecular flexibility index (Phi) is 12.2. The summed E-state index contributed by atoms with van der Waals surface area (Å²) in [5.74, 6) is 3.08. The molecule has 1 N–H and O–H groups in total. The lowest BCUT2D eigenvalue weighted by molar-refractivity contribution is 0.0981. The highest BCUT2D eigenvalue weighted by Gasteiger charge is 2.31. The van der Waals surface area contributed by atoms with E-state index in [0.29, 0.717) is 45.6 Å². The molecule has 2 atom stereocenters. The van der Waals surface area contributed by atoms with Gasteiger partial charge in [0, 0.05) is 6.54 Å². The minimum atomic E-state index is 0.392. The molecule has 266 valence electrons. The lowest BCUT2D eigenvalue weighted by Crippen LogP contribution is -2.14. The van der Waals surface area contributed by atoms with Crippen LogP contribution in [-0.2, 0) is 55.7 Å². The van der Waals surface area contributed by atoms with Gasteiger partial charge in [-0.25, -0.2) is 0 Å². The zero-order valence-electron chi connectivity index (χ0n) is 29.8. The highest BCUT2D eigenvalue weighted by atomic mass is 16.5. The van der Waals surface area contributed by atoms with Gasteiger partial charge >= 0.3 is 0 Å². The van der Waals surface area contributed by atoms with Crippen LogP contribution >= 0.6 is 0 Å². The molecule has 6 heteroatoms. The number of rotatable bonds is 9. The van der Waals surface area contributed by atoms with Crippen LogP contribution in [0.3, 0.4) is 0 Å². The highest BCUT2D eigenvalue weighted by molar-refractivity contribution is 5.64. The molecule has 0 unspecified atom stereocenters. The summed E-state index contributed by atoms with van der Waals surface area (Å²) < 4.78 is 24.4. The van der Waals surface area contributed by atoms with Gasteiger partial charge in [-0.05, 0) is 113 Å². The molecule has 0 spiro atoms. The molecule has 1 saturated carbocycles. The van der Waals surface area contributed by atoms with Gasteiger partial charge in [0.1, 0.15) is 24.7 Å². The fourth-order valence-corrected chi connectivity index (χ4v) is 6.33. The van der Waals surface area contributed by atoms with Crippen molar-refractivity contribution in [2.24, 2.45) is 11.8 Å². The Morgan fingerprint density at radius 3 is 1.69 bits per heavy atom. The quantitative estimate of drug-likeness (QED) is 0.123. The summed E-state index contributed by atoms with van der Waals surface area (Å²) in [5.41, 5.74) is 9.62. The van der Waals surface area contributed by atoms with Crippen LogP contribution in [0.2, 0.25) is 0 Å². The highest BCUT2D eigenvalue weighted by Crippen LogP contribution is 2.40. The van der Waals surface area contributed by atoms with Gasteiger partial charge in [0.25, 0.3) is 0 Å². The van der Waals surface area contributed by atoms with Crippen molar-refractivity contribution in [1.82, 2.24) is 10.3 Å². The molecule has 6 heterocycles. The lowest BCUT2D eigenvalue weighted by atomic mass is 10.0. The fraction of sp³-hybridized carbons (Fsp3) is 0.283. The number of pyridine rings is 1. The van der Waals surface area contributed by atoms with Crippen molar-refractivity contribution in [1.29, 1.82) is 0 Å². The van der Waals surface area contributed by atoms with E-state index in [0.717, 1.165) is 88.1 Å². The van der Waals surface area contributed by atoms with Crippen LogP contribution in [0.25, 0.3) is 11.1 Å². The smallest absolute Gasteiger partial charge is 0.119 e. The second kappa shape index (κ2) is 18.0. The molecule has 5 aliphatic heterocycles. The zero-order chi connectivity index (χ0) is 35.4. The first-order chi connectivity index (χ1) is 25.7. The summed E-state index contributed by atoms with van der Waals surface area (Å²) in [6, 6.07) is 37.5. The molecule has 4 aromatic carbocycles. The van der Waals surface area contributed by atoms with Crippen molar-refractivity contribution in [2.75, 3.05) is 6.54 Å². The van der Waals surface area contributed by atoms with E-state index in [2.05, 4.69) is 90.8 Å². The van der Waals surface area contributed by atoms with E-state index >= 15 is 0 Å².